The maximum absolute atomic E-state index is 12.3. The van der Waals surface area contributed by atoms with Crippen LogP contribution in [0.5, 0.6) is 0 Å². The second kappa shape index (κ2) is 5.47. The molecule has 5 heteroatoms. The van der Waals surface area contributed by atoms with Gasteiger partial charge in [0.25, 0.3) is 0 Å². The molecule has 4 nitrogen and oxygen atoms in total. The fourth-order valence-electron chi connectivity index (χ4n) is 3.46. The number of fused-ring (bicyclic) bond motifs is 1. The van der Waals surface area contributed by atoms with Gasteiger partial charge in [0, 0.05) is 20.1 Å². The molecule has 3 rings (SSSR count). The smallest absolute Gasteiger partial charge is 0.217 e. The van der Waals surface area contributed by atoms with E-state index >= 15 is 0 Å². The Kier molecular flexibility index (Phi) is 3.84. The van der Waals surface area contributed by atoms with Gasteiger partial charge < -0.3 is 0 Å². The highest BCUT2D eigenvalue weighted by molar-refractivity contribution is 7.90. The van der Waals surface area contributed by atoms with Crippen LogP contribution in [0.4, 0.5) is 0 Å². The first-order chi connectivity index (χ1) is 9.57. The van der Waals surface area contributed by atoms with Gasteiger partial charge >= 0.3 is 0 Å². The normalized spacial score (nSPS) is 30.9. The second-order valence-corrected chi connectivity index (χ2v) is 8.22. The Morgan fingerprint density at radius 3 is 2.60 bits per heavy atom. The summed E-state index contributed by atoms with van der Waals surface area (Å²) in [6.07, 6.45) is 1.76. The van der Waals surface area contributed by atoms with Crippen molar-refractivity contribution < 1.29 is 8.42 Å². The van der Waals surface area contributed by atoms with Crippen LogP contribution in [0, 0.1) is 5.92 Å². The molecule has 0 N–H and O–H groups in total. The average molecular weight is 294 g/mol. The molecule has 2 saturated heterocycles. The van der Waals surface area contributed by atoms with E-state index in [-0.39, 0.29) is 5.25 Å². The second-order valence-electron chi connectivity index (χ2n) is 5.96. The number of likely N-dealkylation sites (tertiary alicyclic amines) is 1. The van der Waals surface area contributed by atoms with E-state index in [4.69, 9.17) is 0 Å². The van der Waals surface area contributed by atoms with E-state index in [1.165, 1.54) is 5.56 Å². The molecule has 2 heterocycles. The molecule has 0 spiro atoms. The summed E-state index contributed by atoms with van der Waals surface area (Å²) < 4.78 is 26.1. The quantitative estimate of drug-likeness (QED) is 0.831. The summed E-state index contributed by atoms with van der Waals surface area (Å²) in [7, 11) is -1.32. The molecule has 0 radical (unpaired) electrons. The van der Waals surface area contributed by atoms with Gasteiger partial charge in [-0.2, -0.15) is 0 Å². The van der Waals surface area contributed by atoms with Gasteiger partial charge in [-0.25, -0.2) is 12.7 Å². The van der Waals surface area contributed by atoms with Crippen molar-refractivity contribution in [3.05, 3.63) is 35.9 Å². The van der Waals surface area contributed by atoms with Crippen LogP contribution < -0.4 is 0 Å². The maximum Gasteiger partial charge on any atom is 0.217 e. The SMILES string of the molecule is CN1C[C@H]2CCN(Cc3ccccc3)CC[C@H]2S1(=O)=O. The van der Waals surface area contributed by atoms with Crippen molar-refractivity contribution in [2.75, 3.05) is 26.7 Å². The average Bonchev–Trinajstić information content (AvgIpc) is 2.57. The third-order valence-electron chi connectivity index (χ3n) is 4.63. The minimum absolute atomic E-state index is 0.159. The molecule has 0 saturated carbocycles. The molecule has 110 valence electrons. The Labute approximate surface area is 121 Å². The standard InChI is InChI=1S/C15H22N2O2S/c1-16-12-14-7-9-17(10-8-15(14)20(16,18)19)11-13-5-3-2-4-6-13/h2-6,14-15H,7-12H2,1H3/t14-,15-/m1/s1. The number of hydrogen-bond donors (Lipinski definition) is 0. The lowest BCUT2D eigenvalue weighted by atomic mass is 10.0. The van der Waals surface area contributed by atoms with Crippen molar-refractivity contribution in [1.82, 2.24) is 9.21 Å². The number of rotatable bonds is 2. The molecule has 2 aliphatic heterocycles. The minimum Gasteiger partial charge on any atom is -0.299 e. The Morgan fingerprint density at radius 2 is 1.85 bits per heavy atom. The number of nitrogens with zero attached hydrogens (tertiary/aromatic N) is 2. The lowest BCUT2D eigenvalue weighted by molar-refractivity contribution is 0.269. The van der Waals surface area contributed by atoms with Gasteiger partial charge in [0.15, 0.2) is 0 Å². The highest BCUT2D eigenvalue weighted by Gasteiger charge is 2.44. The van der Waals surface area contributed by atoms with Crippen molar-refractivity contribution in [2.45, 2.75) is 24.6 Å². The third kappa shape index (κ3) is 2.62. The highest BCUT2D eigenvalue weighted by atomic mass is 32.2. The van der Waals surface area contributed by atoms with E-state index in [0.29, 0.717) is 12.5 Å². The van der Waals surface area contributed by atoms with E-state index in [1.807, 2.05) is 6.07 Å². The number of sulfonamides is 1. The molecule has 0 aliphatic carbocycles. The summed E-state index contributed by atoms with van der Waals surface area (Å²) in [6.45, 7) is 3.50. The van der Waals surface area contributed by atoms with E-state index < -0.39 is 10.0 Å². The first kappa shape index (κ1) is 14.0. The lowest BCUT2D eigenvalue weighted by Gasteiger charge is -2.21. The van der Waals surface area contributed by atoms with E-state index in [0.717, 1.165) is 32.5 Å². The van der Waals surface area contributed by atoms with Gasteiger partial charge in [0.1, 0.15) is 0 Å². The van der Waals surface area contributed by atoms with Crippen LogP contribution in [0.3, 0.4) is 0 Å². The van der Waals surface area contributed by atoms with Crippen molar-refractivity contribution in [3.63, 3.8) is 0 Å². The molecular formula is C15H22N2O2S. The molecular weight excluding hydrogens is 272 g/mol. The van der Waals surface area contributed by atoms with Gasteiger partial charge in [-0.15, -0.1) is 0 Å². The topological polar surface area (TPSA) is 40.6 Å². The fraction of sp³-hybridized carbons (Fsp3) is 0.600. The lowest BCUT2D eigenvalue weighted by Crippen LogP contribution is -2.29. The summed E-state index contributed by atoms with van der Waals surface area (Å²) in [6, 6.07) is 10.4. The van der Waals surface area contributed by atoms with Gasteiger partial charge in [0.05, 0.1) is 5.25 Å². The van der Waals surface area contributed by atoms with Gasteiger partial charge in [-0.05, 0) is 37.4 Å². The zero-order chi connectivity index (χ0) is 14.2. The van der Waals surface area contributed by atoms with Gasteiger partial charge in [0.2, 0.25) is 10.0 Å². The molecule has 1 aromatic rings. The van der Waals surface area contributed by atoms with Crippen LogP contribution >= 0.6 is 0 Å². The molecule has 0 bridgehead atoms. The molecule has 20 heavy (non-hydrogen) atoms. The van der Waals surface area contributed by atoms with Crippen molar-refractivity contribution in [3.8, 4) is 0 Å². The predicted octanol–water partition coefficient (Wildman–Crippen LogP) is 1.54. The Balaban J connectivity index is 1.67. The number of hydrogen-bond acceptors (Lipinski definition) is 3. The van der Waals surface area contributed by atoms with Crippen LogP contribution in [0.25, 0.3) is 0 Å². The zero-order valence-electron chi connectivity index (χ0n) is 11.9. The largest absolute Gasteiger partial charge is 0.299 e. The van der Waals surface area contributed by atoms with E-state index in [2.05, 4.69) is 29.2 Å². The maximum atomic E-state index is 12.3. The van der Waals surface area contributed by atoms with E-state index in [9.17, 15) is 8.42 Å². The predicted molar refractivity (Wildman–Crippen MR) is 79.8 cm³/mol. The van der Waals surface area contributed by atoms with Crippen LogP contribution in [-0.4, -0.2) is 49.6 Å². The molecule has 2 atom stereocenters. The molecule has 1 aromatic carbocycles. The number of benzene rings is 1. The Bertz CT molecular complexity index is 558. The van der Waals surface area contributed by atoms with Crippen LogP contribution in [0.15, 0.2) is 30.3 Å². The molecule has 0 unspecified atom stereocenters. The summed E-state index contributed by atoms with van der Waals surface area (Å²) >= 11 is 0. The summed E-state index contributed by atoms with van der Waals surface area (Å²) in [5.74, 6) is 0.311. The van der Waals surface area contributed by atoms with E-state index in [1.54, 1.807) is 11.4 Å². The zero-order valence-corrected chi connectivity index (χ0v) is 12.7. The van der Waals surface area contributed by atoms with Crippen LogP contribution in [0.1, 0.15) is 18.4 Å². The first-order valence-electron chi connectivity index (χ1n) is 7.29. The Morgan fingerprint density at radius 1 is 1.15 bits per heavy atom. The van der Waals surface area contributed by atoms with Crippen LogP contribution in [-0.2, 0) is 16.6 Å². The fourth-order valence-corrected chi connectivity index (χ4v) is 5.43. The molecule has 0 aromatic heterocycles. The molecule has 2 fully saturated rings. The van der Waals surface area contributed by atoms with Crippen LogP contribution in [0.2, 0.25) is 0 Å². The summed E-state index contributed by atoms with van der Waals surface area (Å²) in [5, 5.41) is -0.159. The summed E-state index contributed by atoms with van der Waals surface area (Å²) in [4.78, 5) is 2.39. The molecule has 0 amide bonds. The summed E-state index contributed by atoms with van der Waals surface area (Å²) in [5.41, 5.74) is 1.31. The van der Waals surface area contributed by atoms with Gasteiger partial charge in [-0.3, -0.25) is 4.90 Å². The first-order valence-corrected chi connectivity index (χ1v) is 8.79. The third-order valence-corrected chi connectivity index (χ3v) is 7.03. The molecule has 2 aliphatic rings. The van der Waals surface area contributed by atoms with Gasteiger partial charge in [-0.1, -0.05) is 30.3 Å². The minimum atomic E-state index is -3.04. The Hall–Kier alpha value is -0.910. The van der Waals surface area contributed by atoms with Crippen molar-refractivity contribution in [1.29, 1.82) is 0 Å². The van der Waals surface area contributed by atoms with Crippen molar-refractivity contribution in [2.24, 2.45) is 5.92 Å². The monoisotopic (exact) mass is 294 g/mol. The van der Waals surface area contributed by atoms with Crippen molar-refractivity contribution >= 4 is 10.0 Å². The highest BCUT2D eigenvalue weighted by Crippen LogP contribution is 2.33.